The molecule has 0 N–H and O–H groups in total. The fourth-order valence-corrected chi connectivity index (χ4v) is 3.00. The Bertz CT molecular complexity index is 353. The zero-order valence-corrected chi connectivity index (χ0v) is 12.0. The quantitative estimate of drug-likeness (QED) is 0.442. The third kappa shape index (κ3) is 3.74. The van der Waals surface area contributed by atoms with Crippen molar-refractivity contribution in [2.75, 3.05) is 5.75 Å². The van der Waals surface area contributed by atoms with Gasteiger partial charge >= 0.3 is 0 Å². The summed E-state index contributed by atoms with van der Waals surface area (Å²) >= 11 is 5.32. The molecule has 2 nitrogen and oxygen atoms in total. The van der Waals surface area contributed by atoms with E-state index in [2.05, 4.69) is 32.8 Å². The molecule has 0 aromatic carbocycles. The van der Waals surface area contributed by atoms with E-state index < -0.39 is 0 Å². The minimum Gasteiger partial charge on any atom is -0.226 e. The fourth-order valence-electron chi connectivity index (χ4n) is 1.54. The molecule has 0 bridgehead atoms. The lowest BCUT2D eigenvalue weighted by atomic mass is 10.3. The fraction of sp³-hybridized carbons (Fsp3) is 0.667. The molecular formula is C12H17BrN2S. The number of unbranched alkanes of at least 4 members (excludes halogenated alkanes) is 2. The highest BCUT2D eigenvalue weighted by molar-refractivity contribution is 9.10. The molecule has 1 saturated carbocycles. The minimum atomic E-state index is 0.632. The maximum atomic E-state index is 4.62. The van der Waals surface area contributed by atoms with Crippen molar-refractivity contribution in [1.29, 1.82) is 0 Å². The van der Waals surface area contributed by atoms with Crippen molar-refractivity contribution >= 4 is 27.7 Å². The molecule has 0 atom stereocenters. The number of thioether (sulfide) groups is 1. The summed E-state index contributed by atoms with van der Waals surface area (Å²) in [6.07, 6.45) is 6.39. The summed E-state index contributed by atoms with van der Waals surface area (Å²) in [4.78, 5) is 9.05. The Labute approximate surface area is 110 Å². The molecule has 0 aliphatic heterocycles. The van der Waals surface area contributed by atoms with E-state index in [0.29, 0.717) is 5.92 Å². The maximum absolute atomic E-state index is 4.62. The first-order valence-corrected chi connectivity index (χ1v) is 7.74. The summed E-state index contributed by atoms with van der Waals surface area (Å²) in [6, 6.07) is 2.03. The lowest BCUT2D eigenvalue weighted by Crippen LogP contribution is -1.95. The van der Waals surface area contributed by atoms with Gasteiger partial charge in [0.2, 0.25) is 0 Å². The van der Waals surface area contributed by atoms with Gasteiger partial charge in [-0.3, -0.25) is 0 Å². The number of hydrogen-bond acceptors (Lipinski definition) is 3. The standard InChI is InChI=1S/C12H17BrN2S/c1-2-3-4-7-16-11-8-10(13)14-12(15-11)9-5-6-9/h8-9H,2-7H2,1H3. The van der Waals surface area contributed by atoms with Gasteiger partial charge in [-0.2, -0.15) is 0 Å². The Morgan fingerprint density at radius 1 is 1.38 bits per heavy atom. The van der Waals surface area contributed by atoms with Crippen LogP contribution < -0.4 is 0 Å². The van der Waals surface area contributed by atoms with Crippen LogP contribution in [0.15, 0.2) is 15.7 Å². The second-order valence-electron chi connectivity index (χ2n) is 4.22. The molecule has 2 rings (SSSR count). The number of halogens is 1. The van der Waals surface area contributed by atoms with Gasteiger partial charge in [0.25, 0.3) is 0 Å². The highest BCUT2D eigenvalue weighted by Crippen LogP contribution is 2.39. The van der Waals surface area contributed by atoms with Gasteiger partial charge in [-0.25, -0.2) is 9.97 Å². The van der Waals surface area contributed by atoms with E-state index in [1.54, 1.807) is 0 Å². The molecule has 4 heteroatoms. The molecule has 0 radical (unpaired) electrons. The summed E-state index contributed by atoms with van der Waals surface area (Å²) in [5.74, 6) is 2.83. The van der Waals surface area contributed by atoms with Crippen LogP contribution in [0.4, 0.5) is 0 Å². The summed E-state index contributed by atoms with van der Waals surface area (Å²) in [6.45, 7) is 2.23. The average Bonchev–Trinajstić information content (AvgIpc) is 3.07. The summed E-state index contributed by atoms with van der Waals surface area (Å²) in [5.41, 5.74) is 0. The van der Waals surface area contributed by atoms with Crippen molar-refractivity contribution in [2.45, 2.75) is 50.0 Å². The first kappa shape index (κ1) is 12.4. The van der Waals surface area contributed by atoms with Gasteiger partial charge in [-0.05, 0) is 40.9 Å². The van der Waals surface area contributed by atoms with E-state index in [1.807, 2.05) is 17.8 Å². The molecular weight excluding hydrogens is 284 g/mol. The Balaban J connectivity index is 1.92. The second kappa shape index (κ2) is 6.01. The monoisotopic (exact) mass is 300 g/mol. The van der Waals surface area contributed by atoms with Crippen molar-refractivity contribution < 1.29 is 0 Å². The van der Waals surface area contributed by atoms with Crippen molar-refractivity contribution in [3.63, 3.8) is 0 Å². The van der Waals surface area contributed by atoms with Crippen LogP contribution in [-0.2, 0) is 0 Å². The van der Waals surface area contributed by atoms with E-state index in [1.165, 1.54) is 37.9 Å². The summed E-state index contributed by atoms with van der Waals surface area (Å²) < 4.78 is 0.933. The smallest absolute Gasteiger partial charge is 0.134 e. The molecule has 1 fully saturated rings. The van der Waals surface area contributed by atoms with E-state index in [9.17, 15) is 0 Å². The van der Waals surface area contributed by atoms with Crippen LogP contribution in [0.5, 0.6) is 0 Å². The van der Waals surface area contributed by atoms with Gasteiger partial charge in [-0.1, -0.05) is 19.8 Å². The molecule has 88 valence electrons. The molecule has 1 aromatic rings. The van der Waals surface area contributed by atoms with E-state index in [0.717, 1.165) is 15.5 Å². The van der Waals surface area contributed by atoms with Crippen LogP contribution in [0.25, 0.3) is 0 Å². The van der Waals surface area contributed by atoms with Crippen LogP contribution in [0.1, 0.15) is 50.8 Å². The van der Waals surface area contributed by atoms with E-state index >= 15 is 0 Å². The lowest BCUT2D eigenvalue weighted by molar-refractivity contribution is 0.777. The minimum absolute atomic E-state index is 0.632. The largest absolute Gasteiger partial charge is 0.226 e. The van der Waals surface area contributed by atoms with Crippen molar-refractivity contribution in [1.82, 2.24) is 9.97 Å². The van der Waals surface area contributed by atoms with Gasteiger partial charge in [0.15, 0.2) is 0 Å². The number of rotatable bonds is 6. The molecule has 0 saturated heterocycles. The molecule has 1 aliphatic rings. The maximum Gasteiger partial charge on any atom is 0.134 e. The molecule has 16 heavy (non-hydrogen) atoms. The predicted molar refractivity (Wildman–Crippen MR) is 72.0 cm³/mol. The molecule has 0 amide bonds. The molecule has 1 heterocycles. The van der Waals surface area contributed by atoms with Crippen LogP contribution in [-0.4, -0.2) is 15.7 Å². The van der Waals surface area contributed by atoms with Gasteiger partial charge in [0.05, 0.1) is 0 Å². The Kier molecular flexibility index (Phi) is 4.65. The van der Waals surface area contributed by atoms with Crippen LogP contribution in [0.2, 0.25) is 0 Å². The zero-order valence-electron chi connectivity index (χ0n) is 9.58. The summed E-state index contributed by atoms with van der Waals surface area (Å²) in [7, 11) is 0. The molecule has 1 aromatic heterocycles. The summed E-state index contributed by atoms with van der Waals surface area (Å²) in [5, 5.41) is 1.12. The van der Waals surface area contributed by atoms with Crippen LogP contribution >= 0.6 is 27.7 Å². The average molecular weight is 301 g/mol. The van der Waals surface area contributed by atoms with E-state index in [-0.39, 0.29) is 0 Å². The van der Waals surface area contributed by atoms with Gasteiger partial charge in [-0.15, -0.1) is 11.8 Å². The third-order valence-electron chi connectivity index (χ3n) is 2.63. The van der Waals surface area contributed by atoms with Crippen molar-refractivity contribution in [3.8, 4) is 0 Å². The lowest BCUT2D eigenvalue weighted by Gasteiger charge is -2.03. The normalized spacial score (nSPS) is 15.4. The molecule has 0 unspecified atom stereocenters. The van der Waals surface area contributed by atoms with Crippen LogP contribution in [0.3, 0.4) is 0 Å². The van der Waals surface area contributed by atoms with Gasteiger partial charge < -0.3 is 0 Å². The Morgan fingerprint density at radius 3 is 2.88 bits per heavy atom. The van der Waals surface area contributed by atoms with E-state index in [4.69, 9.17) is 0 Å². The highest BCUT2D eigenvalue weighted by Gasteiger charge is 2.27. The number of nitrogens with zero attached hydrogens (tertiary/aromatic N) is 2. The van der Waals surface area contributed by atoms with Crippen molar-refractivity contribution in [3.05, 3.63) is 16.5 Å². The first-order valence-electron chi connectivity index (χ1n) is 5.97. The Morgan fingerprint density at radius 2 is 2.19 bits per heavy atom. The van der Waals surface area contributed by atoms with Crippen molar-refractivity contribution in [2.24, 2.45) is 0 Å². The third-order valence-corrected chi connectivity index (χ3v) is 4.03. The van der Waals surface area contributed by atoms with Crippen LogP contribution in [0, 0.1) is 0 Å². The molecule has 0 spiro atoms. The number of aromatic nitrogens is 2. The molecule has 1 aliphatic carbocycles. The second-order valence-corrected chi connectivity index (χ2v) is 6.14. The predicted octanol–water partition coefficient (Wildman–Crippen LogP) is 4.40. The zero-order chi connectivity index (χ0) is 11.4. The van der Waals surface area contributed by atoms with Gasteiger partial charge in [0.1, 0.15) is 15.5 Å². The highest BCUT2D eigenvalue weighted by atomic mass is 79.9. The first-order chi connectivity index (χ1) is 7.79. The Hall–Kier alpha value is -0.0900. The topological polar surface area (TPSA) is 25.8 Å². The SMILES string of the molecule is CCCCCSc1cc(Br)nc(C2CC2)n1. The number of hydrogen-bond donors (Lipinski definition) is 0. The van der Waals surface area contributed by atoms with Gasteiger partial charge in [0, 0.05) is 12.0 Å².